The molecule has 1 aromatic carbocycles. The number of anilines is 1. The van der Waals surface area contributed by atoms with Crippen LogP contribution in [0.2, 0.25) is 0 Å². The lowest BCUT2D eigenvalue weighted by molar-refractivity contribution is -0.936. The Labute approximate surface area is 156 Å². The third-order valence-corrected chi connectivity index (χ3v) is 6.49. The first-order valence-corrected chi connectivity index (χ1v) is 9.73. The topological polar surface area (TPSA) is 75.0 Å². The summed E-state index contributed by atoms with van der Waals surface area (Å²) >= 11 is 1.67. The van der Waals surface area contributed by atoms with Crippen LogP contribution in [-0.4, -0.2) is 30.7 Å². The number of ether oxygens (including phenoxy) is 1. The molecule has 3 heterocycles. The largest absolute Gasteiger partial charge is 0.504 e. The van der Waals surface area contributed by atoms with Crippen molar-refractivity contribution in [2.24, 2.45) is 0 Å². The van der Waals surface area contributed by atoms with E-state index in [4.69, 9.17) is 4.74 Å². The van der Waals surface area contributed by atoms with Crippen LogP contribution in [0.4, 0.5) is 5.00 Å². The maximum Gasteiger partial charge on any atom is 0.256 e. The van der Waals surface area contributed by atoms with Gasteiger partial charge < -0.3 is 25.4 Å². The van der Waals surface area contributed by atoms with Crippen molar-refractivity contribution in [1.29, 1.82) is 0 Å². The van der Waals surface area contributed by atoms with Gasteiger partial charge in [-0.1, -0.05) is 12.1 Å². The fourth-order valence-electron chi connectivity index (χ4n) is 3.80. The Hall–Kier alpha value is -2.25. The molecule has 6 nitrogen and oxygen atoms in total. The van der Waals surface area contributed by atoms with Gasteiger partial charge in [-0.25, -0.2) is 0 Å². The zero-order chi connectivity index (χ0) is 18.4. The maximum atomic E-state index is 12.8. The summed E-state index contributed by atoms with van der Waals surface area (Å²) in [5.74, 6) is 0.371. The summed E-state index contributed by atoms with van der Waals surface area (Å²) in [4.78, 5) is 15.7. The number of phenolic OH excluding ortho intramolecular Hbond substituents is 1. The molecule has 26 heavy (non-hydrogen) atoms. The lowest BCUT2D eigenvalue weighted by Gasteiger charge is -2.29. The number of benzene rings is 1. The van der Waals surface area contributed by atoms with E-state index < -0.39 is 6.17 Å². The average Bonchev–Trinajstić information content (AvgIpc) is 2.99. The smallest absolute Gasteiger partial charge is 0.256 e. The molecule has 0 saturated carbocycles. The fourth-order valence-corrected chi connectivity index (χ4v) is 5.12. The molecule has 138 valence electrons. The molecule has 0 radical (unpaired) electrons. The molecular formula is C19H24N3O3S+. The number of methoxy groups -OCH3 is 1. The summed E-state index contributed by atoms with van der Waals surface area (Å²) in [5, 5.41) is 17.7. The van der Waals surface area contributed by atoms with Crippen LogP contribution in [0, 0.1) is 0 Å². The van der Waals surface area contributed by atoms with E-state index in [9.17, 15) is 9.90 Å². The molecule has 4 rings (SSSR count). The van der Waals surface area contributed by atoms with Gasteiger partial charge in [-0.2, -0.15) is 0 Å². The molecule has 0 bridgehead atoms. The van der Waals surface area contributed by atoms with Crippen molar-refractivity contribution >= 4 is 22.2 Å². The SMILES string of the molecule is COc1cccc([C@H]2NC(=O)c3c(sc4c3CC[NH+](C(C)C)C4)N2)c1O. The number of thiophene rings is 1. The summed E-state index contributed by atoms with van der Waals surface area (Å²) in [6.45, 7) is 6.50. The quantitative estimate of drug-likeness (QED) is 0.659. The number of aromatic hydroxyl groups is 1. The molecule has 0 saturated heterocycles. The first-order chi connectivity index (χ1) is 12.5. The van der Waals surface area contributed by atoms with Gasteiger partial charge in [0.15, 0.2) is 11.5 Å². The molecule has 2 aliphatic rings. The van der Waals surface area contributed by atoms with E-state index in [0.717, 1.165) is 30.1 Å². The molecule has 7 heteroatoms. The highest BCUT2D eigenvalue weighted by Gasteiger charge is 2.35. The van der Waals surface area contributed by atoms with Crippen molar-refractivity contribution in [3.05, 3.63) is 39.8 Å². The maximum absolute atomic E-state index is 12.8. The Morgan fingerprint density at radius 1 is 1.35 bits per heavy atom. The van der Waals surface area contributed by atoms with E-state index in [0.29, 0.717) is 17.4 Å². The van der Waals surface area contributed by atoms with Gasteiger partial charge in [-0.15, -0.1) is 11.3 Å². The minimum absolute atomic E-state index is 0.0491. The van der Waals surface area contributed by atoms with Crippen molar-refractivity contribution in [2.75, 3.05) is 19.0 Å². The highest BCUT2D eigenvalue weighted by molar-refractivity contribution is 7.16. The number of fused-ring (bicyclic) bond motifs is 3. The number of amides is 1. The van der Waals surface area contributed by atoms with Crippen LogP contribution in [0.15, 0.2) is 18.2 Å². The van der Waals surface area contributed by atoms with Crippen LogP contribution in [-0.2, 0) is 13.0 Å². The minimum atomic E-state index is -0.473. The third kappa shape index (κ3) is 2.71. The first kappa shape index (κ1) is 17.2. The predicted octanol–water partition coefficient (Wildman–Crippen LogP) is 1.67. The van der Waals surface area contributed by atoms with E-state index in [1.165, 1.54) is 17.6 Å². The van der Waals surface area contributed by atoms with E-state index in [1.807, 2.05) is 0 Å². The van der Waals surface area contributed by atoms with Crippen LogP contribution in [0.3, 0.4) is 0 Å². The second kappa shape index (κ2) is 6.48. The number of phenols is 1. The summed E-state index contributed by atoms with van der Waals surface area (Å²) in [6.07, 6.45) is 0.456. The molecule has 1 amide bonds. The minimum Gasteiger partial charge on any atom is -0.504 e. The van der Waals surface area contributed by atoms with Crippen LogP contribution in [0.25, 0.3) is 0 Å². The van der Waals surface area contributed by atoms with Crippen molar-refractivity contribution in [3.63, 3.8) is 0 Å². The molecular weight excluding hydrogens is 350 g/mol. The number of carbonyl (C=O) groups excluding carboxylic acids is 1. The number of carbonyl (C=O) groups is 1. The summed E-state index contributed by atoms with van der Waals surface area (Å²) < 4.78 is 5.18. The number of hydrogen-bond acceptors (Lipinski definition) is 5. The van der Waals surface area contributed by atoms with Crippen LogP contribution >= 0.6 is 11.3 Å². The van der Waals surface area contributed by atoms with Gasteiger partial charge in [0.25, 0.3) is 5.91 Å². The number of quaternary nitrogens is 1. The Morgan fingerprint density at radius 2 is 2.15 bits per heavy atom. The molecule has 2 atom stereocenters. The summed E-state index contributed by atoms with van der Waals surface area (Å²) in [5.41, 5.74) is 2.57. The molecule has 4 N–H and O–H groups in total. The zero-order valence-corrected chi connectivity index (χ0v) is 16.0. The van der Waals surface area contributed by atoms with Crippen LogP contribution in [0.1, 0.15) is 46.4 Å². The van der Waals surface area contributed by atoms with Crippen molar-refractivity contribution in [2.45, 2.75) is 39.0 Å². The van der Waals surface area contributed by atoms with E-state index in [-0.39, 0.29) is 11.7 Å². The normalized spacial score (nSPS) is 21.6. The highest BCUT2D eigenvalue weighted by atomic mass is 32.1. The lowest BCUT2D eigenvalue weighted by atomic mass is 9.99. The molecule has 1 unspecified atom stereocenters. The Morgan fingerprint density at radius 3 is 2.88 bits per heavy atom. The molecule has 2 aliphatic heterocycles. The van der Waals surface area contributed by atoms with Crippen molar-refractivity contribution in [1.82, 2.24) is 5.32 Å². The number of hydrogen-bond donors (Lipinski definition) is 4. The van der Waals surface area contributed by atoms with Gasteiger partial charge in [0.2, 0.25) is 0 Å². The highest BCUT2D eigenvalue weighted by Crippen LogP contribution is 2.41. The van der Waals surface area contributed by atoms with Gasteiger partial charge in [0, 0.05) is 12.0 Å². The lowest BCUT2D eigenvalue weighted by Crippen LogP contribution is -3.14. The molecule has 2 aromatic rings. The summed E-state index contributed by atoms with van der Waals surface area (Å²) in [6, 6.07) is 5.87. The first-order valence-electron chi connectivity index (χ1n) is 8.92. The van der Waals surface area contributed by atoms with Gasteiger partial charge >= 0.3 is 0 Å². The Bertz CT molecular complexity index is 862. The predicted molar refractivity (Wildman–Crippen MR) is 101 cm³/mol. The van der Waals surface area contributed by atoms with Gasteiger partial charge in [-0.05, 0) is 25.5 Å². The second-order valence-corrected chi connectivity index (χ2v) is 8.25. The van der Waals surface area contributed by atoms with Crippen LogP contribution < -0.4 is 20.3 Å². The van der Waals surface area contributed by atoms with E-state index >= 15 is 0 Å². The molecule has 0 aliphatic carbocycles. The number of para-hydroxylation sites is 1. The zero-order valence-electron chi connectivity index (χ0n) is 15.2. The number of rotatable bonds is 3. The van der Waals surface area contributed by atoms with E-state index in [1.54, 1.807) is 34.4 Å². The van der Waals surface area contributed by atoms with Crippen molar-refractivity contribution < 1.29 is 19.5 Å². The van der Waals surface area contributed by atoms with E-state index in [2.05, 4.69) is 24.5 Å². The summed E-state index contributed by atoms with van der Waals surface area (Å²) in [7, 11) is 1.51. The van der Waals surface area contributed by atoms with Crippen molar-refractivity contribution in [3.8, 4) is 11.5 Å². The Kier molecular flexibility index (Phi) is 4.28. The monoisotopic (exact) mass is 374 g/mol. The third-order valence-electron chi connectivity index (χ3n) is 5.33. The second-order valence-electron chi connectivity index (χ2n) is 7.15. The fraction of sp³-hybridized carbons (Fsp3) is 0.421. The number of nitrogens with one attached hydrogen (secondary N) is 3. The van der Waals surface area contributed by atoms with Gasteiger partial charge in [0.1, 0.15) is 17.7 Å². The van der Waals surface area contributed by atoms with Gasteiger partial charge in [0.05, 0.1) is 30.1 Å². The van der Waals surface area contributed by atoms with Gasteiger partial charge in [-0.3, -0.25) is 4.79 Å². The molecule has 0 spiro atoms. The average molecular weight is 374 g/mol. The van der Waals surface area contributed by atoms with Crippen LogP contribution in [0.5, 0.6) is 11.5 Å². The molecule has 1 aromatic heterocycles. The molecule has 0 fully saturated rings. The standard InChI is InChI=1S/C19H23N3O3S/c1-10(2)22-8-7-11-14(9-22)26-19-15(11)18(24)20-17(21-19)12-5-4-6-13(25-3)16(12)23/h4-6,10,17,21,23H,7-9H2,1-3H3,(H,20,24)/p+1/t17-/m0/s1. The Balaban J connectivity index is 1.67.